The number of carbonyl (C=O) groups excluding carboxylic acids is 3. The maximum absolute atomic E-state index is 13.6. The Morgan fingerprint density at radius 2 is 0.981 bits per heavy atom. The molecule has 107 heavy (non-hydrogen) atoms. The third-order valence-corrected chi connectivity index (χ3v) is 19.1. The summed E-state index contributed by atoms with van der Waals surface area (Å²) < 4.78 is 22.9. The van der Waals surface area contributed by atoms with E-state index in [0.717, 1.165) is 72.3 Å². The molecule has 0 aliphatic carbocycles. The molecule has 0 aliphatic rings. The van der Waals surface area contributed by atoms with Gasteiger partial charge in [-0.1, -0.05) is 158 Å². The van der Waals surface area contributed by atoms with Gasteiger partial charge in [0.05, 0.1) is 18.0 Å². The lowest BCUT2D eigenvalue weighted by Crippen LogP contribution is -2.22. The zero-order valence-corrected chi connectivity index (χ0v) is 70.8. The van der Waals surface area contributed by atoms with Crippen LogP contribution >= 0.6 is 178 Å². The fourth-order valence-electron chi connectivity index (χ4n) is 8.87. The van der Waals surface area contributed by atoms with Crippen molar-refractivity contribution < 1.29 is 23.3 Å². The van der Waals surface area contributed by atoms with E-state index in [2.05, 4.69) is 111 Å². The number of halogens is 12. The lowest BCUT2D eigenvalue weighted by atomic mass is 10.2. The number of fused-ring (bicyclic) bond motifs is 1. The van der Waals surface area contributed by atoms with Gasteiger partial charge in [-0.25, -0.2) is 28.9 Å². The Kier molecular flexibility index (Phi) is 36.1. The van der Waals surface area contributed by atoms with Gasteiger partial charge >= 0.3 is 5.97 Å². The maximum atomic E-state index is 13.6. The second-order valence-electron chi connectivity index (χ2n) is 21.2. The lowest BCUT2D eigenvalue weighted by molar-refractivity contribution is 0.0521. The number of benzene rings is 10. The van der Waals surface area contributed by atoms with Crippen LogP contribution in [0.5, 0.6) is 0 Å². The van der Waals surface area contributed by atoms with Crippen molar-refractivity contribution in [2.24, 2.45) is 4.99 Å². The molecule has 0 atom stereocenters. The number of hydrogen-bond donors (Lipinski definition) is 3. The zero-order valence-electron chi connectivity index (χ0n) is 56.0. The van der Waals surface area contributed by atoms with E-state index in [1.807, 2.05) is 132 Å². The van der Waals surface area contributed by atoms with Crippen molar-refractivity contribution in [3.8, 4) is 28.5 Å². The van der Waals surface area contributed by atoms with Crippen molar-refractivity contribution in [1.82, 2.24) is 28.7 Å². The Labute approximate surface area is 700 Å². The molecule has 1 amide bonds. The molecule has 0 bridgehead atoms. The number of nitrogens with one attached hydrogen (secondary N) is 1. The number of carbonyl (C=O) groups is 3. The molecule has 3 aromatic heterocycles. The molecule has 0 unspecified atom stereocenters. The first-order chi connectivity index (χ1) is 51.2. The lowest BCUT2D eigenvalue weighted by Gasteiger charge is -2.14. The first-order valence-corrected chi connectivity index (χ1v) is 41.5. The molecule has 16 nitrogen and oxygen atoms in total. The number of imidazole rings is 2. The zero-order chi connectivity index (χ0) is 77.7. The largest absolute Gasteiger partial charge is 0.461 e. The minimum atomic E-state index is -1.67. The predicted molar refractivity (Wildman–Crippen MR) is 461 cm³/mol. The molecule has 0 saturated heterocycles. The summed E-state index contributed by atoms with van der Waals surface area (Å²) in [5, 5.41) is 5.47. The molecular formula is C76H58Br4Cl8N10O6S3. The topological polar surface area (TPSA) is 224 Å². The molecule has 0 saturated carbocycles. The van der Waals surface area contributed by atoms with Crippen molar-refractivity contribution in [2.75, 3.05) is 35.9 Å². The molecule has 0 spiro atoms. The Bertz CT molecular complexity index is 5190. The summed E-state index contributed by atoms with van der Waals surface area (Å²) in [6.45, 7) is 2.04. The fourth-order valence-corrected chi connectivity index (χ4v) is 11.7. The van der Waals surface area contributed by atoms with Gasteiger partial charge in [0, 0.05) is 114 Å². The number of nitrogen functional groups attached to an aromatic ring is 2. The quantitative estimate of drug-likeness (QED) is 0.0321. The van der Waals surface area contributed by atoms with Gasteiger partial charge in [0.25, 0.3) is 16.7 Å². The van der Waals surface area contributed by atoms with Gasteiger partial charge in [0.2, 0.25) is 9.23 Å². The van der Waals surface area contributed by atoms with E-state index < -0.39 is 20.4 Å². The van der Waals surface area contributed by atoms with E-state index >= 15 is 0 Å². The SMILES string of the molecule is CCOC(=O)c1ncn(-c2cccc(SC)c2)c1N.CSc1cccc(-n2cnc3c(=O)n(-c4ccc(Cl)cc4)c(-c4ccc(Br)cc4)nc32)c1.ClC(=Nc1ccc(Cl)cc1)c1ccc(Br)cc1.Nc1ccc(Cl)cc1.O=C(Cl)c1ccc(Br)cc1.O=C(Nc1ccc(Cl)cc1)c1ccc(Br)cc1.O=S(Cl)Cl. The number of hydrogen-bond acceptors (Lipinski definition) is 14. The van der Waals surface area contributed by atoms with E-state index in [1.54, 1.807) is 167 Å². The van der Waals surface area contributed by atoms with Crippen LogP contribution in [0.3, 0.4) is 0 Å². The van der Waals surface area contributed by atoms with Crippen molar-refractivity contribution in [2.45, 2.75) is 16.7 Å². The number of amides is 1. The summed E-state index contributed by atoms with van der Waals surface area (Å²) in [6.07, 6.45) is 7.21. The van der Waals surface area contributed by atoms with Gasteiger partial charge in [-0.15, -0.1) is 23.5 Å². The average Bonchev–Trinajstić information content (AvgIpc) is 1.68. The second kappa shape index (κ2) is 44.4. The number of rotatable bonds is 13. The molecule has 0 aliphatic heterocycles. The smallest absolute Gasteiger partial charge is 0.360 e. The predicted octanol–water partition coefficient (Wildman–Crippen LogP) is 24.3. The number of nitrogens with zero attached hydrogens (tertiary/aromatic N) is 7. The number of nitrogens with two attached hydrogens (primary N) is 2. The minimum absolute atomic E-state index is 0.139. The number of thioether (sulfide) groups is 2. The fraction of sp³-hybridized carbons (Fsp3) is 0.0526. The van der Waals surface area contributed by atoms with Crippen LogP contribution in [-0.2, 0) is 14.0 Å². The number of esters is 1. The molecular weight excluding hydrogens is 1850 g/mol. The molecule has 3 heterocycles. The molecule has 10 aromatic carbocycles. The van der Waals surface area contributed by atoms with E-state index in [1.165, 1.54) is 6.33 Å². The van der Waals surface area contributed by atoms with Crippen LogP contribution in [0.25, 0.3) is 39.6 Å². The van der Waals surface area contributed by atoms with E-state index in [4.69, 9.17) is 95.0 Å². The molecule has 13 rings (SSSR count). The van der Waals surface area contributed by atoms with Crippen LogP contribution < -0.4 is 22.3 Å². The van der Waals surface area contributed by atoms with Gasteiger partial charge in [-0.05, 0) is 237 Å². The molecule has 0 fully saturated rings. The maximum Gasteiger partial charge on any atom is 0.360 e. The van der Waals surface area contributed by atoms with Gasteiger partial charge in [-0.3, -0.25) is 28.1 Å². The van der Waals surface area contributed by atoms with Crippen molar-refractivity contribution in [3.05, 3.63) is 326 Å². The summed E-state index contributed by atoms with van der Waals surface area (Å²) in [4.78, 5) is 67.6. The second-order valence-corrected chi connectivity index (χ2v) is 31.6. The standard InChI is InChI=1S/C24H16BrClN4OS.C13H8BrCl2N.C13H9BrClNO.C13H15N3O2S.C7H4BrClO.C6H6ClN.Cl2OS/c1-32-20-4-2-3-19(13-20)29-14-27-21-23(29)28-22(15-5-7-16(25)8-6-15)30(24(21)31)18-11-9-17(26)10-12-18;14-10-3-1-9(2-4-10)13(16)17-12-7-5-11(15)6-8-12;14-10-3-1-9(2-4-10)13(17)16-12-7-5-11(15)6-8-12;1-3-18-13(17)11-12(14)16(8-15-11)9-5-4-6-10(7-9)19-2;8-6-3-1-5(2-4-6)7(9)10;7-5-1-3-6(8)4-2-5;1-4(2)3/h2-14H,1H3;1-8H;1-8H,(H,16,17);4-8H,3,14H2,1-2H3;1-4H;1-4H,8H2;. The summed E-state index contributed by atoms with van der Waals surface area (Å²) in [5.74, 6) is 0.177. The minimum Gasteiger partial charge on any atom is -0.461 e. The molecule has 5 N–H and O–H groups in total. The normalized spacial score (nSPS) is 10.5. The molecule has 13 aromatic rings. The number of aliphatic imine (C=N–C) groups is 1. The number of aromatic nitrogens is 6. The van der Waals surface area contributed by atoms with Gasteiger partial charge in [-0.2, -0.15) is 0 Å². The molecule has 0 radical (unpaired) electrons. The van der Waals surface area contributed by atoms with Crippen molar-refractivity contribution in [3.63, 3.8) is 0 Å². The highest BCUT2D eigenvalue weighted by Gasteiger charge is 2.21. The Balaban J connectivity index is 0.000000186. The summed E-state index contributed by atoms with van der Waals surface area (Å²) >= 11 is 51.2. The third-order valence-electron chi connectivity index (χ3n) is 14.0. The molecule has 31 heteroatoms. The van der Waals surface area contributed by atoms with E-state index in [0.29, 0.717) is 60.6 Å². The Hall–Kier alpha value is -7.27. The van der Waals surface area contributed by atoms with Crippen molar-refractivity contribution >= 4 is 244 Å². The highest BCUT2D eigenvalue weighted by molar-refractivity contribution is 9.11. The number of anilines is 3. The van der Waals surface area contributed by atoms with Gasteiger partial charge in [0.1, 0.15) is 29.5 Å². The first-order valence-electron chi connectivity index (χ1n) is 30.8. The first kappa shape index (κ1) is 87.0. The Morgan fingerprint density at radius 1 is 0.551 bits per heavy atom. The van der Waals surface area contributed by atoms with Crippen LogP contribution in [0.2, 0.25) is 20.1 Å². The van der Waals surface area contributed by atoms with Crippen LogP contribution in [0.1, 0.15) is 43.7 Å². The van der Waals surface area contributed by atoms with Crippen LogP contribution in [0.4, 0.5) is 22.9 Å². The summed E-state index contributed by atoms with van der Waals surface area (Å²) in [5.41, 5.74) is 19.6. The highest BCUT2D eigenvalue weighted by Crippen LogP contribution is 2.29. The van der Waals surface area contributed by atoms with Crippen LogP contribution in [0, 0.1) is 0 Å². The summed E-state index contributed by atoms with van der Waals surface area (Å²) in [6, 6.07) is 73.7. The van der Waals surface area contributed by atoms with Gasteiger partial charge in [0.15, 0.2) is 16.9 Å². The average molecular weight is 1910 g/mol. The van der Waals surface area contributed by atoms with Crippen LogP contribution in [0.15, 0.2) is 293 Å². The van der Waals surface area contributed by atoms with Gasteiger partial charge < -0.3 is 21.5 Å². The van der Waals surface area contributed by atoms with E-state index in [9.17, 15) is 19.2 Å². The number of ether oxygens (including phenoxy) is 1. The van der Waals surface area contributed by atoms with E-state index in [-0.39, 0.29) is 23.0 Å². The summed E-state index contributed by atoms with van der Waals surface area (Å²) in [7, 11) is 7.36. The van der Waals surface area contributed by atoms with Crippen molar-refractivity contribution in [1.29, 1.82) is 0 Å². The Morgan fingerprint density at radius 3 is 1.45 bits per heavy atom. The highest BCUT2D eigenvalue weighted by atomic mass is 79.9. The molecule has 550 valence electrons. The monoisotopic (exact) mass is 1900 g/mol. The van der Waals surface area contributed by atoms with Crippen LogP contribution in [-0.4, -0.2) is 74.3 Å². The third kappa shape index (κ3) is 28.0.